The maximum atomic E-state index is 11.9. The first kappa shape index (κ1) is 21.3. The molecular formula is C22H28N2O4. The maximum Gasteiger partial charge on any atom is 0.277 e. The molecule has 0 saturated heterocycles. The summed E-state index contributed by atoms with van der Waals surface area (Å²) < 4.78 is 16.3. The molecule has 0 aliphatic heterocycles. The normalized spacial score (nSPS) is 10.7. The van der Waals surface area contributed by atoms with Gasteiger partial charge in [-0.05, 0) is 55.7 Å². The summed E-state index contributed by atoms with van der Waals surface area (Å²) in [7, 11) is 1.59. The van der Waals surface area contributed by atoms with Gasteiger partial charge in [0, 0.05) is 5.56 Å². The first-order valence-electron chi connectivity index (χ1n) is 9.50. The van der Waals surface area contributed by atoms with Gasteiger partial charge in [-0.2, -0.15) is 5.10 Å². The Morgan fingerprint density at radius 3 is 2.50 bits per heavy atom. The van der Waals surface area contributed by atoms with Gasteiger partial charge in [0.2, 0.25) is 0 Å². The molecule has 0 spiro atoms. The summed E-state index contributed by atoms with van der Waals surface area (Å²) in [5.74, 6) is 1.67. The number of nitrogens with zero attached hydrogens (tertiary/aromatic N) is 1. The number of ether oxygens (including phenoxy) is 3. The minimum Gasteiger partial charge on any atom is -0.497 e. The Morgan fingerprint density at radius 1 is 1.07 bits per heavy atom. The van der Waals surface area contributed by atoms with Crippen molar-refractivity contribution in [1.29, 1.82) is 0 Å². The van der Waals surface area contributed by atoms with Gasteiger partial charge in [0.15, 0.2) is 6.61 Å². The van der Waals surface area contributed by atoms with Crippen molar-refractivity contribution in [2.45, 2.75) is 33.1 Å². The number of carbonyl (C=O) groups is 1. The Kier molecular flexibility index (Phi) is 8.85. The third-order valence-electron chi connectivity index (χ3n) is 4.02. The fraction of sp³-hybridized carbons (Fsp3) is 0.364. The van der Waals surface area contributed by atoms with Crippen LogP contribution in [0.2, 0.25) is 0 Å². The number of methoxy groups -OCH3 is 1. The summed E-state index contributed by atoms with van der Waals surface area (Å²) in [6.07, 6.45) is 4.91. The Labute approximate surface area is 166 Å². The number of aryl methyl sites for hydroxylation is 1. The fourth-order valence-corrected chi connectivity index (χ4v) is 2.53. The summed E-state index contributed by atoms with van der Waals surface area (Å²) in [5, 5.41) is 3.98. The highest BCUT2D eigenvalue weighted by atomic mass is 16.5. The van der Waals surface area contributed by atoms with Crippen LogP contribution in [-0.2, 0) is 11.2 Å². The molecule has 2 rings (SSSR count). The molecule has 0 bridgehead atoms. The summed E-state index contributed by atoms with van der Waals surface area (Å²) in [6.45, 7) is 4.50. The minimum atomic E-state index is -0.341. The highest BCUT2D eigenvalue weighted by Gasteiger charge is 2.05. The van der Waals surface area contributed by atoms with E-state index in [4.69, 9.17) is 14.2 Å². The number of hydrogen-bond donors (Lipinski definition) is 1. The average Bonchev–Trinajstić information content (AvgIpc) is 2.72. The first-order chi connectivity index (χ1) is 13.7. The van der Waals surface area contributed by atoms with E-state index in [-0.39, 0.29) is 12.5 Å². The van der Waals surface area contributed by atoms with E-state index in [1.807, 2.05) is 37.3 Å². The minimum absolute atomic E-state index is 0.109. The number of amides is 1. The lowest BCUT2D eigenvalue weighted by Gasteiger charge is -2.09. The predicted molar refractivity (Wildman–Crippen MR) is 110 cm³/mol. The lowest BCUT2D eigenvalue weighted by molar-refractivity contribution is -0.123. The van der Waals surface area contributed by atoms with E-state index >= 15 is 0 Å². The van der Waals surface area contributed by atoms with Crippen molar-refractivity contribution in [3.05, 3.63) is 53.6 Å². The maximum absolute atomic E-state index is 11.9. The number of nitrogens with one attached hydrogen (secondary N) is 1. The Bertz CT molecular complexity index is 773. The van der Waals surface area contributed by atoms with Crippen molar-refractivity contribution in [2.75, 3.05) is 20.3 Å². The van der Waals surface area contributed by atoms with Gasteiger partial charge in [-0.1, -0.05) is 25.5 Å². The molecule has 28 heavy (non-hydrogen) atoms. The number of carbonyl (C=O) groups excluding carboxylic acids is 1. The number of rotatable bonds is 11. The summed E-state index contributed by atoms with van der Waals surface area (Å²) in [6, 6.07) is 13.2. The van der Waals surface area contributed by atoms with Crippen LogP contribution in [-0.4, -0.2) is 32.4 Å². The Balaban J connectivity index is 1.85. The molecule has 1 amide bonds. The van der Waals surface area contributed by atoms with Crippen LogP contribution in [0.4, 0.5) is 0 Å². The van der Waals surface area contributed by atoms with Crippen LogP contribution in [0, 0.1) is 0 Å². The second kappa shape index (κ2) is 11.6. The smallest absolute Gasteiger partial charge is 0.277 e. The van der Waals surface area contributed by atoms with Crippen LogP contribution in [0.25, 0.3) is 0 Å². The van der Waals surface area contributed by atoms with Crippen molar-refractivity contribution >= 4 is 12.1 Å². The predicted octanol–water partition coefficient (Wildman–Crippen LogP) is 3.97. The van der Waals surface area contributed by atoms with Crippen LogP contribution in [0.1, 0.15) is 37.8 Å². The number of unbranched alkanes of at least 4 members (excludes halogenated alkanes) is 1. The molecule has 0 atom stereocenters. The van der Waals surface area contributed by atoms with Gasteiger partial charge in [-0.15, -0.1) is 0 Å². The van der Waals surface area contributed by atoms with Crippen LogP contribution < -0.4 is 19.6 Å². The molecule has 0 fully saturated rings. The zero-order valence-corrected chi connectivity index (χ0v) is 16.7. The number of hydrazone groups is 1. The molecule has 0 heterocycles. The molecule has 0 unspecified atom stereocenters. The number of benzene rings is 2. The van der Waals surface area contributed by atoms with Gasteiger partial charge < -0.3 is 14.2 Å². The summed E-state index contributed by atoms with van der Waals surface area (Å²) in [5.41, 5.74) is 4.44. The van der Waals surface area contributed by atoms with Crippen LogP contribution >= 0.6 is 0 Å². The topological polar surface area (TPSA) is 69.2 Å². The average molecular weight is 384 g/mol. The molecule has 0 saturated carbocycles. The van der Waals surface area contributed by atoms with E-state index in [0.717, 1.165) is 6.42 Å². The van der Waals surface area contributed by atoms with E-state index < -0.39 is 0 Å². The van der Waals surface area contributed by atoms with Gasteiger partial charge in [0.1, 0.15) is 17.2 Å². The molecule has 2 aromatic rings. The van der Waals surface area contributed by atoms with Crippen LogP contribution in [0.15, 0.2) is 47.6 Å². The van der Waals surface area contributed by atoms with Gasteiger partial charge in [-0.3, -0.25) is 4.79 Å². The van der Waals surface area contributed by atoms with E-state index in [2.05, 4.69) is 17.5 Å². The van der Waals surface area contributed by atoms with Gasteiger partial charge in [0.05, 0.1) is 19.9 Å². The highest BCUT2D eigenvalue weighted by molar-refractivity contribution is 5.86. The largest absolute Gasteiger partial charge is 0.497 e. The zero-order chi connectivity index (χ0) is 20.2. The highest BCUT2D eigenvalue weighted by Crippen LogP contribution is 2.22. The third-order valence-corrected chi connectivity index (χ3v) is 4.02. The van der Waals surface area contributed by atoms with Crippen molar-refractivity contribution < 1.29 is 19.0 Å². The molecule has 0 aromatic heterocycles. The lowest BCUT2D eigenvalue weighted by Crippen LogP contribution is -2.24. The van der Waals surface area contributed by atoms with Crippen molar-refractivity contribution in [3.8, 4) is 17.2 Å². The Morgan fingerprint density at radius 2 is 1.82 bits per heavy atom. The lowest BCUT2D eigenvalue weighted by atomic mass is 10.1. The third kappa shape index (κ3) is 6.95. The van der Waals surface area contributed by atoms with E-state index in [1.165, 1.54) is 24.6 Å². The summed E-state index contributed by atoms with van der Waals surface area (Å²) >= 11 is 0. The summed E-state index contributed by atoms with van der Waals surface area (Å²) in [4.78, 5) is 11.9. The standard InChI is InChI=1S/C22H28N2O4/c1-4-6-7-17-8-10-19(11-9-17)28-16-22(25)24-23-15-18-14-20(26-3)12-13-21(18)27-5-2/h8-15H,4-7,16H2,1-3H3,(H,24,25)/b23-15+. The molecule has 0 aliphatic rings. The zero-order valence-electron chi connectivity index (χ0n) is 16.7. The molecule has 0 radical (unpaired) electrons. The molecule has 1 N–H and O–H groups in total. The molecule has 6 nitrogen and oxygen atoms in total. The first-order valence-corrected chi connectivity index (χ1v) is 9.50. The SMILES string of the molecule is CCCCc1ccc(OCC(=O)N/N=C/c2cc(OC)ccc2OCC)cc1. The quantitative estimate of drug-likeness (QED) is 0.470. The second-order valence-corrected chi connectivity index (χ2v) is 6.17. The molecule has 150 valence electrons. The molecule has 0 aliphatic carbocycles. The molecular weight excluding hydrogens is 356 g/mol. The monoisotopic (exact) mass is 384 g/mol. The van der Waals surface area contributed by atoms with E-state index in [1.54, 1.807) is 19.2 Å². The second-order valence-electron chi connectivity index (χ2n) is 6.17. The Hall–Kier alpha value is -3.02. The van der Waals surface area contributed by atoms with Crippen molar-refractivity contribution in [2.24, 2.45) is 5.10 Å². The fourth-order valence-electron chi connectivity index (χ4n) is 2.53. The van der Waals surface area contributed by atoms with Crippen LogP contribution in [0.5, 0.6) is 17.2 Å². The molecule has 6 heteroatoms. The van der Waals surface area contributed by atoms with Gasteiger partial charge >= 0.3 is 0 Å². The van der Waals surface area contributed by atoms with Crippen molar-refractivity contribution in [3.63, 3.8) is 0 Å². The van der Waals surface area contributed by atoms with E-state index in [9.17, 15) is 4.79 Å². The van der Waals surface area contributed by atoms with Gasteiger partial charge in [-0.25, -0.2) is 5.43 Å². The van der Waals surface area contributed by atoms with Crippen LogP contribution in [0.3, 0.4) is 0 Å². The molecule has 2 aromatic carbocycles. The number of hydrogen-bond acceptors (Lipinski definition) is 5. The van der Waals surface area contributed by atoms with E-state index in [0.29, 0.717) is 29.4 Å². The van der Waals surface area contributed by atoms with Crippen molar-refractivity contribution in [1.82, 2.24) is 5.43 Å². The van der Waals surface area contributed by atoms with Gasteiger partial charge in [0.25, 0.3) is 5.91 Å².